The quantitative estimate of drug-likeness (QED) is 0.756. The Morgan fingerprint density at radius 3 is 2.33 bits per heavy atom. The molecule has 0 N–H and O–H groups in total. The van der Waals surface area contributed by atoms with Gasteiger partial charge < -0.3 is 4.74 Å². The van der Waals surface area contributed by atoms with Crippen LogP contribution in [0.4, 0.5) is 0 Å². The molecule has 0 heterocycles. The van der Waals surface area contributed by atoms with E-state index in [-0.39, 0.29) is 24.1 Å². The number of carbonyl (C=O) groups is 1. The zero-order chi connectivity index (χ0) is 16.2. The van der Waals surface area contributed by atoms with Gasteiger partial charge in [-0.15, -0.1) is 0 Å². The number of aryl methyl sites for hydroxylation is 2. The topological polar surface area (TPSA) is 63.7 Å². The highest BCUT2D eigenvalue weighted by molar-refractivity contribution is 7.89. The van der Waals surface area contributed by atoms with Gasteiger partial charge in [-0.2, -0.15) is 4.31 Å². The van der Waals surface area contributed by atoms with Crippen LogP contribution in [0.5, 0.6) is 0 Å². The number of sulfonamides is 1. The number of benzene rings is 1. The van der Waals surface area contributed by atoms with Crippen molar-refractivity contribution in [3.8, 4) is 0 Å². The molecule has 0 aliphatic carbocycles. The number of carbonyl (C=O) groups excluding carboxylic acids is 1. The molecule has 0 aliphatic rings. The Balaban J connectivity index is 3.15. The molecule has 5 nitrogen and oxygen atoms in total. The third-order valence-electron chi connectivity index (χ3n) is 3.25. The molecule has 0 bridgehead atoms. The van der Waals surface area contributed by atoms with Gasteiger partial charge in [-0.05, 0) is 57.9 Å². The van der Waals surface area contributed by atoms with Gasteiger partial charge in [-0.25, -0.2) is 8.42 Å². The van der Waals surface area contributed by atoms with E-state index in [4.69, 9.17) is 4.74 Å². The molecule has 6 heteroatoms. The summed E-state index contributed by atoms with van der Waals surface area (Å²) in [7, 11) is -3.72. The Kier molecular flexibility index (Phi) is 5.92. The maximum atomic E-state index is 12.7. The summed E-state index contributed by atoms with van der Waals surface area (Å²) in [5, 5.41) is 0. The van der Waals surface area contributed by atoms with E-state index >= 15 is 0 Å². The fourth-order valence-electron chi connectivity index (χ4n) is 1.89. The second kappa shape index (κ2) is 7.04. The fourth-order valence-corrected chi connectivity index (χ4v) is 3.56. The minimum absolute atomic E-state index is 0.198. The Morgan fingerprint density at radius 2 is 1.86 bits per heavy atom. The molecule has 0 aliphatic heterocycles. The van der Waals surface area contributed by atoms with E-state index in [1.54, 1.807) is 39.0 Å². The van der Waals surface area contributed by atoms with Crippen LogP contribution in [-0.2, 0) is 19.6 Å². The van der Waals surface area contributed by atoms with Crippen LogP contribution in [0.15, 0.2) is 23.1 Å². The van der Waals surface area contributed by atoms with Gasteiger partial charge in [0.2, 0.25) is 10.0 Å². The Labute approximate surface area is 127 Å². The maximum Gasteiger partial charge on any atom is 0.321 e. The molecule has 0 aromatic heterocycles. The number of ether oxygens (including phenoxy) is 1. The van der Waals surface area contributed by atoms with Crippen LogP contribution in [0.2, 0.25) is 0 Å². The standard InChI is InChI=1S/C15H23NO4S/c1-6-20-15(17)10-16(11(2)3)21(18,19)14-8-7-12(4)13(5)9-14/h7-9,11H,6,10H2,1-5H3. The van der Waals surface area contributed by atoms with E-state index in [9.17, 15) is 13.2 Å². The lowest BCUT2D eigenvalue weighted by Gasteiger charge is -2.25. The van der Waals surface area contributed by atoms with Crippen LogP contribution in [0.25, 0.3) is 0 Å². The first-order valence-electron chi connectivity index (χ1n) is 6.94. The first-order valence-corrected chi connectivity index (χ1v) is 8.38. The van der Waals surface area contributed by atoms with Crippen molar-refractivity contribution in [3.63, 3.8) is 0 Å². The van der Waals surface area contributed by atoms with Gasteiger partial charge in [0.15, 0.2) is 0 Å². The van der Waals surface area contributed by atoms with Crippen molar-refractivity contribution in [3.05, 3.63) is 29.3 Å². The largest absolute Gasteiger partial charge is 0.465 e. The van der Waals surface area contributed by atoms with Gasteiger partial charge in [0.1, 0.15) is 6.54 Å². The molecule has 0 radical (unpaired) electrons. The highest BCUT2D eigenvalue weighted by atomic mass is 32.2. The highest BCUT2D eigenvalue weighted by Crippen LogP contribution is 2.21. The second-order valence-electron chi connectivity index (χ2n) is 5.20. The average Bonchev–Trinajstić information content (AvgIpc) is 2.38. The molecular weight excluding hydrogens is 290 g/mol. The van der Waals surface area contributed by atoms with Crippen molar-refractivity contribution < 1.29 is 17.9 Å². The normalized spacial score (nSPS) is 12.0. The van der Waals surface area contributed by atoms with Crippen LogP contribution in [0.1, 0.15) is 31.9 Å². The third-order valence-corrected chi connectivity index (χ3v) is 5.27. The molecule has 0 amide bonds. The summed E-state index contributed by atoms with van der Waals surface area (Å²) in [6, 6.07) is 4.63. The van der Waals surface area contributed by atoms with Crippen LogP contribution < -0.4 is 0 Å². The van der Waals surface area contributed by atoms with Crippen LogP contribution in [-0.4, -0.2) is 37.9 Å². The lowest BCUT2D eigenvalue weighted by Crippen LogP contribution is -2.41. The van der Waals surface area contributed by atoms with Gasteiger partial charge in [-0.1, -0.05) is 6.07 Å². The molecule has 1 rings (SSSR count). The van der Waals surface area contributed by atoms with Gasteiger partial charge >= 0.3 is 5.97 Å². The SMILES string of the molecule is CCOC(=O)CN(C(C)C)S(=O)(=O)c1ccc(C)c(C)c1. The van der Waals surface area contributed by atoms with Crippen LogP contribution in [0.3, 0.4) is 0 Å². The molecule has 0 unspecified atom stereocenters. The van der Waals surface area contributed by atoms with Crippen molar-refractivity contribution in [1.82, 2.24) is 4.31 Å². The summed E-state index contributed by atoms with van der Waals surface area (Å²) in [6.07, 6.45) is 0. The van der Waals surface area contributed by atoms with E-state index < -0.39 is 16.0 Å². The summed E-state index contributed by atoms with van der Waals surface area (Å²) < 4.78 is 31.4. The molecule has 0 atom stereocenters. The minimum Gasteiger partial charge on any atom is -0.465 e. The first kappa shape index (κ1) is 17.7. The lowest BCUT2D eigenvalue weighted by molar-refractivity contribution is -0.143. The van der Waals surface area contributed by atoms with Crippen molar-refractivity contribution in [2.75, 3.05) is 13.2 Å². The molecule has 1 aromatic rings. The van der Waals surface area contributed by atoms with E-state index in [1.165, 1.54) is 0 Å². The predicted molar refractivity (Wildman–Crippen MR) is 81.6 cm³/mol. The Morgan fingerprint density at radius 1 is 1.24 bits per heavy atom. The third kappa shape index (κ3) is 4.28. The predicted octanol–water partition coefficient (Wildman–Crippen LogP) is 2.27. The number of hydrogen-bond donors (Lipinski definition) is 0. The molecule has 0 spiro atoms. The average molecular weight is 313 g/mol. The van der Waals surface area contributed by atoms with E-state index in [0.717, 1.165) is 15.4 Å². The van der Waals surface area contributed by atoms with E-state index in [2.05, 4.69) is 0 Å². The molecule has 1 aromatic carbocycles. The Bertz CT molecular complexity index is 608. The number of esters is 1. The van der Waals surface area contributed by atoms with Crippen molar-refractivity contribution in [2.24, 2.45) is 0 Å². The minimum atomic E-state index is -3.72. The smallest absolute Gasteiger partial charge is 0.321 e. The maximum absolute atomic E-state index is 12.7. The lowest BCUT2D eigenvalue weighted by atomic mass is 10.1. The van der Waals surface area contributed by atoms with Gasteiger partial charge in [0, 0.05) is 6.04 Å². The fraction of sp³-hybridized carbons (Fsp3) is 0.533. The zero-order valence-corrected chi connectivity index (χ0v) is 14.0. The summed E-state index contributed by atoms with van der Waals surface area (Å²) in [4.78, 5) is 11.8. The number of rotatable bonds is 6. The van der Waals surface area contributed by atoms with Crippen molar-refractivity contribution in [2.45, 2.75) is 45.6 Å². The molecule has 0 fully saturated rings. The van der Waals surface area contributed by atoms with E-state index in [1.807, 2.05) is 13.8 Å². The zero-order valence-electron chi connectivity index (χ0n) is 13.2. The van der Waals surface area contributed by atoms with Gasteiger partial charge in [-0.3, -0.25) is 4.79 Å². The first-order chi connectivity index (χ1) is 9.70. The molecule has 0 saturated carbocycles. The molecule has 118 valence electrons. The number of hydrogen-bond acceptors (Lipinski definition) is 4. The van der Waals surface area contributed by atoms with E-state index in [0.29, 0.717) is 0 Å². The summed E-state index contributed by atoms with van der Waals surface area (Å²) >= 11 is 0. The van der Waals surface area contributed by atoms with Crippen LogP contribution in [0, 0.1) is 13.8 Å². The summed E-state index contributed by atoms with van der Waals surface area (Å²) in [5.74, 6) is -0.543. The van der Waals surface area contributed by atoms with Gasteiger partial charge in [0.25, 0.3) is 0 Å². The molecular formula is C15H23NO4S. The molecule has 21 heavy (non-hydrogen) atoms. The van der Waals surface area contributed by atoms with Crippen molar-refractivity contribution in [1.29, 1.82) is 0 Å². The van der Waals surface area contributed by atoms with Crippen LogP contribution >= 0.6 is 0 Å². The second-order valence-corrected chi connectivity index (χ2v) is 7.09. The van der Waals surface area contributed by atoms with Crippen molar-refractivity contribution >= 4 is 16.0 Å². The monoisotopic (exact) mass is 313 g/mol. The molecule has 0 saturated heterocycles. The highest BCUT2D eigenvalue weighted by Gasteiger charge is 2.29. The Hall–Kier alpha value is -1.40. The summed E-state index contributed by atoms with van der Waals surface area (Å²) in [6.45, 7) is 8.89. The number of nitrogens with zero attached hydrogens (tertiary/aromatic N) is 1. The van der Waals surface area contributed by atoms with Gasteiger partial charge in [0.05, 0.1) is 11.5 Å². The summed E-state index contributed by atoms with van der Waals surface area (Å²) in [5.41, 5.74) is 1.92.